The summed E-state index contributed by atoms with van der Waals surface area (Å²) < 4.78 is 5.02. The van der Waals surface area contributed by atoms with Gasteiger partial charge in [0.2, 0.25) is 5.75 Å². The molecule has 1 heterocycles. The van der Waals surface area contributed by atoms with Crippen LogP contribution in [-0.4, -0.2) is 89.0 Å². The first-order chi connectivity index (χ1) is 13.2. The predicted octanol–water partition coefficient (Wildman–Crippen LogP) is 0.672. The van der Waals surface area contributed by atoms with Crippen molar-refractivity contribution in [2.45, 2.75) is 13.0 Å². The number of amides is 3. The van der Waals surface area contributed by atoms with Crippen LogP contribution in [0.15, 0.2) is 18.2 Å². The second-order valence-electron chi connectivity index (χ2n) is 6.32. The van der Waals surface area contributed by atoms with Crippen molar-refractivity contribution in [1.82, 2.24) is 14.7 Å². The van der Waals surface area contributed by atoms with Crippen molar-refractivity contribution in [3.8, 4) is 5.75 Å². The zero-order chi connectivity index (χ0) is 21.0. The molecule has 152 valence electrons. The number of nitro groups is 1. The quantitative estimate of drug-likeness (QED) is 0.451. The monoisotopic (exact) mass is 394 g/mol. The molecule has 0 bridgehead atoms. The van der Waals surface area contributed by atoms with Crippen LogP contribution in [-0.2, 0) is 9.53 Å². The summed E-state index contributed by atoms with van der Waals surface area (Å²) in [5.74, 6) is -2.22. The SMILES string of the molecule is CCOC(=O)C1CN(C(=O)N(C)C)CCN1C(=O)c1cccc([N+](=O)[O-])c1O. The number of phenols is 1. The van der Waals surface area contributed by atoms with Gasteiger partial charge in [0.25, 0.3) is 5.91 Å². The first-order valence-electron chi connectivity index (χ1n) is 8.59. The number of nitrogens with zero attached hydrogens (tertiary/aromatic N) is 4. The maximum Gasteiger partial charge on any atom is 0.330 e. The van der Waals surface area contributed by atoms with Crippen molar-refractivity contribution in [2.24, 2.45) is 0 Å². The molecule has 1 saturated heterocycles. The van der Waals surface area contributed by atoms with E-state index in [1.807, 2.05) is 0 Å². The lowest BCUT2D eigenvalue weighted by Crippen LogP contribution is -2.60. The Morgan fingerprint density at radius 3 is 2.57 bits per heavy atom. The molecule has 0 radical (unpaired) electrons. The zero-order valence-corrected chi connectivity index (χ0v) is 15.8. The highest BCUT2D eigenvalue weighted by Gasteiger charge is 2.39. The van der Waals surface area contributed by atoms with Crippen LogP contribution in [0.25, 0.3) is 0 Å². The molecule has 28 heavy (non-hydrogen) atoms. The molecule has 0 saturated carbocycles. The van der Waals surface area contributed by atoms with Crippen LogP contribution in [0, 0.1) is 10.1 Å². The van der Waals surface area contributed by atoms with E-state index in [1.54, 1.807) is 21.0 Å². The molecule has 11 nitrogen and oxygen atoms in total. The van der Waals surface area contributed by atoms with E-state index >= 15 is 0 Å². The third kappa shape index (κ3) is 4.13. The molecule has 3 amide bonds. The van der Waals surface area contributed by atoms with E-state index in [0.29, 0.717) is 0 Å². The topological polar surface area (TPSA) is 134 Å². The molecule has 1 atom stereocenters. The molecule has 1 aromatic rings. The summed E-state index contributed by atoms with van der Waals surface area (Å²) in [5, 5.41) is 21.1. The van der Waals surface area contributed by atoms with Crippen molar-refractivity contribution in [2.75, 3.05) is 40.3 Å². The number of rotatable bonds is 4. The molecule has 1 aliphatic rings. The first kappa shape index (κ1) is 20.9. The third-order valence-electron chi connectivity index (χ3n) is 4.29. The van der Waals surface area contributed by atoms with Gasteiger partial charge in [0.05, 0.1) is 23.6 Å². The van der Waals surface area contributed by atoms with Gasteiger partial charge in [0.1, 0.15) is 6.04 Å². The lowest BCUT2D eigenvalue weighted by Gasteiger charge is -2.40. The number of piperazine rings is 1. The maximum absolute atomic E-state index is 12.9. The minimum Gasteiger partial charge on any atom is -0.502 e. The van der Waals surface area contributed by atoms with Gasteiger partial charge in [0, 0.05) is 33.3 Å². The summed E-state index contributed by atoms with van der Waals surface area (Å²) in [6, 6.07) is 2.17. The van der Waals surface area contributed by atoms with Gasteiger partial charge in [-0.3, -0.25) is 14.9 Å². The number of para-hydroxylation sites is 1. The van der Waals surface area contributed by atoms with Crippen LogP contribution in [0.5, 0.6) is 5.75 Å². The van der Waals surface area contributed by atoms with Crippen molar-refractivity contribution in [3.05, 3.63) is 33.9 Å². The Balaban J connectivity index is 2.35. The summed E-state index contributed by atoms with van der Waals surface area (Å²) in [4.78, 5) is 51.7. The van der Waals surface area contributed by atoms with E-state index in [-0.39, 0.29) is 37.8 Å². The summed E-state index contributed by atoms with van der Waals surface area (Å²) in [6.45, 7) is 1.78. The number of carbonyl (C=O) groups excluding carboxylic acids is 3. The van der Waals surface area contributed by atoms with Gasteiger partial charge in [-0.2, -0.15) is 0 Å². The normalized spacial score (nSPS) is 16.5. The summed E-state index contributed by atoms with van der Waals surface area (Å²) in [6.07, 6.45) is 0. The van der Waals surface area contributed by atoms with Gasteiger partial charge in [-0.05, 0) is 13.0 Å². The van der Waals surface area contributed by atoms with Gasteiger partial charge in [0.15, 0.2) is 0 Å². The standard InChI is InChI=1S/C17H22N4O7/c1-4-28-16(24)13-10-19(17(25)18(2)3)8-9-20(13)15(23)11-6-5-7-12(14(11)22)21(26)27/h5-7,13,22H,4,8-10H2,1-3H3. The van der Waals surface area contributed by atoms with Crippen molar-refractivity contribution >= 4 is 23.6 Å². The Bertz CT molecular complexity index is 796. The smallest absolute Gasteiger partial charge is 0.330 e. The fourth-order valence-electron chi connectivity index (χ4n) is 2.93. The molecule has 1 fully saturated rings. The largest absolute Gasteiger partial charge is 0.502 e. The molecule has 11 heteroatoms. The zero-order valence-electron chi connectivity index (χ0n) is 15.8. The molecule has 1 aromatic carbocycles. The van der Waals surface area contributed by atoms with E-state index in [0.717, 1.165) is 11.0 Å². The highest BCUT2D eigenvalue weighted by Crippen LogP contribution is 2.31. The number of nitro benzene ring substituents is 1. The van der Waals surface area contributed by atoms with Crippen molar-refractivity contribution in [3.63, 3.8) is 0 Å². The highest BCUT2D eigenvalue weighted by atomic mass is 16.6. The molecule has 0 spiro atoms. The number of benzene rings is 1. The average molecular weight is 394 g/mol. The molecular weight excluding hydrogens is 372 g/mol. The number of esters is 1. The second kappa shape index (κ2) is 8.55. The number of aromatic hydroxyl groups is 1. The van der Waals surface area contributed by atoms with E-state index in [1.165, 1.54) is 21.9 Å². The van der Waals surface area contributed by atoms with E-state index in [4.69, 9.17) is 4.74 Å². The maximum atomic E-state index is 12.9. The van der Waals surface area contributed by atoms with Gasteiger partial charge in [-0.25, -0.2) is 9.59 Å². The summed E-state index contributed by atoms with van der Waals surface area (Å²) in [5.41, 5.74) is -0.907. The summed E-state index contributed by atoms with van der Waals surface area (Å²) in [7, 11) is 3.14. The van der Waals surface area contributed by atoms with Gasteiger partial charge in [-0.15, -0.1) is 0 Å². The molecule has 0 aromatic heterocycles. The van der Waals surface area contributed by atoms with Gasteiger partial charge >= 0.3 is 17.7 Å². The Hall–Kier alpha value is -3.37. The van der Waals surface area contributed by atoms with Crippen LogP contribution in [0.1, 0.15) is 17.3 Å². The lowest BCUT2D eigenvalue weighted by atomic mass is 10.1. The van der Waals surface area contributed by atoms with Crippen molar-refractivity contribution < 1.29 is 29.2 Å². The Morgan fingerprint density at radius 2 is 2.00 bits per heavy atom. The van der Waals surface area contributed by atoms with Gasteiger partial charge < -0.3 is 24.5 Å². The first-order valence-corrected chi connectivity index (χ1v) is 8.59. The fraction of sp³-hybridized carbons (Fsp3) is 0.471. The molecule has 0 aliphatic carbocycles. The Kier molecular flexibility index (Phi) is 6.39. The minimum atomic E-state index is -1.09. The number of urea groups is 1. The fourth-order valence-corrected chi connectivity index (χ4v) is 2.93. The average Bonchev–Trinajstić information content (AvgIpc) is 2.66. The highest BCUT2D eigenvalue weighted by molar-refractivity contribution is 6.00. The lowest BCUT2D eigenvalue weighted by molar-refractivity contribution is -0.385. The predicted molar refractivity (Wildman–Crippen MR) is 96.9 cm³/mol. The molecule has 1 aliphatic heterocycles. The van der Waals surface area contributed by atoms with Crippen molar-refractivity contribution in [1.29, 1.82) is 0 Å². The molecule has 2 rings (SSSR count). The summed E-state index contributed by atoms with van der Waals surface area (Å²) >= 11 is 0. The number of carbonyl (C=O) groups is 3. The third-order valence-corrected chi connectivity index (χ3v) is 4.29. The second-order valence-corrected chi connectivity index (χ2v) is 6.32. The van der Waals surface area contributed by atoms with E-state index in [9.17, 15) is 29.6 Å². The van der Waals surface area contributed by atoms with E-state index in [2.05, 4.69) is 0 Å². The van der Waals surface area contributed by atoms with Gasteiger partial charge in [-0.1, -0.05) is 6.07 Å². The van der Waals surface area contributed by atoms with Crippen LogP contribution in [0.3, 0.4) is 0 Å². The van der Waals surface area contributed by atoms with Crippen LogP contribution in [0.2, 0.25) is 0 Å². The molecular formula is C17H22N4O7. The van der Waals surface area contributed by atoms with E-state index < -0.39 is 34.3 Å². The number of ether oxygens (including phenoxy) is 1. The van der Waals surface area contributed by atoms with Crippen LogP contribution < -0.4 is 0 Å². The molecule has 1 unspecified atom stereocenters. The molecule has 1 N–H and O–H groups in total. The number of hydrogen-bond donors (Lipinski definition) is 1. The van der Waals surface area contributed by atoms with Crippen LogP contribution in [0.4, 0.5) is 10.5 Å². The Morgan fingerprint density at radius 1 is 1.32 bits per heavy atom. The number of hydrogen-bond acceptors (Lipinski definition) is 7. The minimum absolute atomic E-state index is 0.00399. The number of phenolic OH excluding ortho intramolecular Hbond substituents is 1. The van der Waals surface area contributed by atoms with Crippen LogP contribution >= 0.6 is 0 Å². The Labute approximate surface area is 161 Å².